The molecule has 0 aliphatic carbocycles. The SMILES string of the molecule is COc1ccc(C(=O)Nc2cc(C)nn2-c2ccccn2)cc1F. The van der Waals surface area contributed by atoms with Gasteiger partial charge in [0.1, 0.15) is 5.82 Å². The third-order valence-electron chi connectivity index (χ3n) is 3.35. The van der Waals surface area contributed by atoms with Gasteiger partial charge in [-0.2, -0.15) is 9.78 Å². The van der Waals surface area contributed by atoms with E-state index in [1.54, 1.807) is 24.4 Å². The Hall–Kier alpha value is -3.22. The molecule has 7 heteroatoms. The summed E-state index contributed by atoms with van der Waals surface area (Å²) in [6.45, 7) is 1.81. The molecule has 1 N–H and O–H groups in total. The number of amides is 1. The summed E-state index contributed by atoms with van der Waals surface area (Å²) < 4.78 is 20.1. The van der Waals surface area contributed by atoms with Crippen molar-refractivity contribution in [1.29, 1.82) is 0 Å². The van der Waals surface area contributed by atoms with E-state index in [1.165, 1.54) is 23.9 Å². The van der Waals surface area contributed by atoms with Gasteiger partial charge in [0, 0.05) is 17.8 Å². The first-order valence-corrected chi connectivity index (χ1v) is 7.21. The lowest BCUT2D eigenvalue weighted by Crippen LogP contribution is -2.15. The molecule has 122 valence electrons. The highest BCUT2D eigenvalue weighted by Crippen LogP contribution is 2.20. The number of pyridine rings is 1. The summed E-state index contributed by atoms with van der Waals surface area (Å²) >= 11 is 0. The van der Waals surface area contributed by atoms with Crippen LogP contribution in [0.5, 0.6) is 5.75 Å². The second-order valence-electron chi connectivity index (χ2n) is 5.07. The third kappa shape index (κ3) is 3.10. The molecule has 2 aromatic heterocycles. The molecule has 3 rings (SSSR count). The summed E-state index contributed by atoms with van der Waals surface area (Å²) in [7, 11) is 1.37. The van der Waals surface area contributed by atoms with Gasteiger partial charge in [-0.25, -0.2) is 9.37 Å². The van der Waals surface area contributed by atoms with Gasteiger partial charge in [-0.3, -0.25) is 4.79 Å². The molecule has 0 saturated carbocycles. The normalized spacial score (nSPS) is 10.5. The predicted molar refractivity (Wildman–Crippen MR) is 87.0 cm³/mol. The smallest absolute Gasteiger partial charge is 0.256 e. The molecule has 0 radical (unpaired) electrons. The Bertz CT molecular complexity index is 878. The van der Waals surface area contributed by atoms with E-state index in [0.717, 1.165) is 11.8 Å². The summed E-state index contributed by atoms with van der Waals surface area (Å²) in [6, 6.07) is 11.1. The number of carbonyl (C=O) groups excluding carboxylic acids is 1. The van der Waals surface area contributed by atoms with Crippen molar-refractivity contribution in [2.24, 2.45) is 0 Å². The molecular weight excluding hydrogens is 311 g/mol. The lowest BCUT2D eigenvalue weighted by Gasteiger charge is -2.09. The van der Waals surface area contributed by atoms with Crippen LogP contribution < -0.4 is 10.1 Å². The van der Waals surface area contributed by atoms with Gasteiger partial charge in [0.15, 0.2) is 17.4 Å². The maximum atomic E-state index is 13.8. The minimum atomic E-state index is -0.598. The molecule has 6 nitrogen and oxygen atoms in total. The third-order valence-corrected chi connectivity index (χ3v) is 3.35. The number of halogens is 1. The van der Waals surface area contributed by atoms with Gasteiger partial charge in [-0.15, -0.1) is 0 Å². The van der Waals surface area contributed by atoms with Gasteiger partial charge < -0.3 is 10.1 Å². The molecule has 0 unspecified atom stereocenters. The minimum absolute atomic E-state index is 0.0842. The van der Waals surface area contributed by atoms with Crippen LogP contribution in [0.4, 0.5) is 10.2 Å². The summed E-state index contributed by atoms with van der Waals surface area (Å²) in [5.41, 5.74) is 0.900. The molecule has 0 saturated heterocycles. The van der Waals surface area contributed by atoms with E-state index in [1.807, 2.05) is 13.0 Å². The zero-order valence-corrected chi connectivity index (χ0v) is 13.2. The fraction of sp³-hybridized carbons (Fsp3) is 0.118. The van der Waals surface area contributed by atoms with Gasteiger partial charge in [-0.1, -0.05) is 6.07 Å². The molecule has 3 aromatic rings. The van der Waals surface area contributed by atoms with Crippen LogP contribution in [0.25, 0.3) is 5.82 Å². The fourth-order valence-corrected chi connectivity index (χ4v) is 2.24. The van der Waals surface area contributed by atoms with Crippen LogP contribution in [0, 0.1) is 12.7 Å². The number of nitrogens with one attached hydrogen (secondary N) is 1. The Morgan fingerprint density at radius 1 is 1.25 bits per heavy atom. The Morgan fingerprint density at radius 3 is 2.75 bits per heavy atom. The van der Waals surface area contributed by atoms with E-state index in [-0.39, 0.29) is 11.3 Å². The van der Waals surface area contributed by atoms with E-state index in [4.69, 9.17) is 4.74 Å². The van der Waals surface area contributed by atoms with Crippen LogP contribution in [0.1, 0.15) is 16.1 Å². The van der Waals surface area contributed by atoms with Gasteiger partial charge in [-0.05, 0) is 37.3 Å². The Morgan fingerprint density at radius 2 is 2.08 bits per heavy atom. The molecule has 24 heavy (non-hydrogen) atoms. The largest absolute Gasteiger partial charge is 0.494 e. The monoisotopic (exact) mass is 326 g/mol. The van der Waals surface area contributed by atoms with Crippen molar-refractivity contribution >= 4 is 11.7 Å². The quantitative estimate of drug-likeness (QED) is 0.800. The molecule has 0 bridgehead atoms. The second-order valence-corrected chi connectivity index (χ2v) is 5.07. The number of aromatic nitrogens is 3. The highest BCUT2D eigenvalue weighted by molar-refractivity contribution is 6.04. The molecule has 0 spiro atoms. The van der Waals surface area contributed by atoms with Crippen molar-refractivity contribution in [3.8, 4) is 11.6 Å². The molecule has 2 heterocycles. The summed E-state index contributed by atoms with van der Waals surface area (Å²) in [5, 5.41) is 7.04. The van der Waals surface area contributed by atoms with Crippen LogP contribution in [0.3, 0.4) is 0 Å². The van der Waals surface area contributed by atoms with Crippen LogP contribution in [-0.2, 0) is 0 Å². The standard InChI is InChI=1S/C17H15FN4O2/c1-11-9-16(22(21-11)15-5-3-4-8-19-15)20-17(23)12-6-7-14(24-2)13(18)10-12/h3-10H,1-2H3,(H,20,23). The van der Waals surface area contributed by atoms with Crippen LogP contribution in [-0.4, -0.2) is 27.8 Å². The van der Waals surface area contributed by atoms with Crippen molar-refractivity contribution in [2.75, 3.05) is 12.4 Å². The first-order chi connectivity index (χ1) is 11.6. The van der Waals surface area contributed by atoms with E-state index in [2.05, 4.69) is 15.4 Å². The maximum Gasteiger partial charge on any atom is 0.256 e. The Labute approximate surface area is 137 Å². The molecule has 1 aromatic carbocycles. The first kappa shape index (κ1) is 15.7. The van der Waals surface area contributed by atoms with Crippen LogP contribution in [0.2, 0.25) is 0 Å². The number of hydrogen-bond donors (Lipinski definition) is 1. The van der Waals surface area contributed by atoms with Crippen molar-refractivity contribution in [3.63, 3.8) is 0 Å². The van der Waals surface area contributed by atoms with Crippen LogP contribution >= 0.6 is 0 Å². The molecule has 0 aliphatic heterocycles. The minimum Gasteiger partial charge on any atom is -0.494 e. The lowest BCUT2D eigenvalue weighted by atomic mass is 10.2. The zero-order valence-electron chi connectivity index (χ0n) is 13.2. The number of carbonyl (C=O) groups is 1. The number of benzene rings is 1. The molecule has 0 atom stereocenters. The fourth-order valence-electron chi connectivity index (χ4n) is 2.24. The van der Waals surface area contributed by atoms with E-state index < -0.39 is 11.7 Å². The molecular formula is C17H15FN4O2. The van der Waals surface area contributed by atoms with Gasteiger partial charge in [0.05, 0.1) is 12.8 Å². The number of methoxy groups -OCH3 is 1. The van der Waals surface area contributed by atoms with Gasteiger partial charge in [0.2, 0.25) is 0 Å². The van der Waals surface area contributed by atoms with Crippen LogP contribution in [0.15, 0.2) is 48.7 Å². The Balaban J connectivity index is 1.89. The number of anilines is 1. The first-order valence-electron chi connectivity index (χ1n) is 7.21. The summed E-state index contributed by atoms with van der Waals surface area (Å²) in [4.78, 5) is 16.6. The Kier molecular flexibility index (Phi) is 4.24. The van der Waals surface area contributed by atoms with Crippen molar-refractivity contribution in [3.05, 3.63) is 65.7 Å². The highest BCUT2D eigenvalue weighted by atomic mass is 19.1. The number of rotatable bonds is 4. The van der Waals surface area contributed by atoms with E-state index in [9.17, 15) is 9.18 Å². The lowest BCUT2D eigenvalue weighted by molar-refractivity contribution is 0.102. The number of hydrogen-bond acceptors (Lipinski definition) is 4. The van der Waals surface area contributed by atoms with Crippen molar-refractivity contribution < 1.29 is 13.9 Å². The topological polar surface area (TPSA) is 69.0 Å². The average molecular weight is 326 g/mol. The summed E-state index contributed by atoms with van der Waals surface area (Å²) in [5.74, 6) is 0.0587. The second kappa shape index (κ2) is 6.49. The predicted octanol–water partition coefficient (Wildman–Crippen LogP) is 2.98. The number of nitrogens with zero attached hydrogens (tertiary/aromatic N) is 3. The summed E-state index contributed by atoms with van der Waals surface area (Å²) in [6.07, 6.45) is 1.64. The van der Waals surface area contributed by atoms with E-state index >= 15 is 0 Å². The average Bonchev–Trinajstić information content (AvgIpc) is 2.96. The maximum absolute atomic E-state index is 13.8. The highest BCUT2D eigenvalue weighted by Gasteiger charge is 2.14. The molecule has 0 aliphatic rings. The van der Waals surface area contributed by atoms with Crippen molar-refractivity contribution in [1.82, 2.24) is 14.8 Å². The van der Waals surface area contributed by atoms with Gasteiger partial charge >= 0.3 is 0 Å². The van der Waals surface area contributed by atoms with E-state index in [0.29, 0.717) is 11.6 Å². The number of ether oxygens (including phenoxy) is 1. The van der Waals surface area contributed by atoms with Gasteiger partial charge in [0.25, 0.3) is 5.91 Å². The molecule has 0 fully saturated rings. The molecule has 1 amide bonds. The number of aryl methyl sites for hydroxylation is 1. The zero-order chi connectivity index (χ0) is 17.1. The van der Waals surface area contributed by atoms with Crippen molar-refractivity contribution in [2.45, 2.75) is 6.92 Å².